The Kier molecular flexibility index (Phi) is 9.77. The minimum Gasteiger partial charge on any atom is -0.396 e. The molecule has 3 N–H and O–H groups in total. The van der Waals surface area contributed by atoms with Gasteiger partial charge in [-0.15, -0.1) is 24.0 Å². The van der Waals surface area contributed by atoms with Crippen LogP contribution in [-0.2, 0) is 0 Å². The van der Waals surface area contributed by atoms with Gasteiger partial charge < -0.3 is 15.7 Å². The maximum atomic E-state index is 9.39. The third-order valence-corrected chi connectivity index (χ3v) is 5.12. The molecule has 0 aromatic heterocycles. The Morgan fingerprint density at radius 1 is 1.26 bits per heavy atom. The Hall–Kier alpha value is -0.0800. The van der Waals surface area contributed by atoms with Crippen molar-refractivity contribution in [3.05, 3.63) is 0 Å². The van der Waals surface area contributed by atoms with Crippen LogP contribution in [0.15, 0.2) is 4.99 Å². The number of aliphatic imine (C=N–C) groups is 1. The van der Waals surface area contributed by atoms with Gasteiger partial charge in [0, 0.05) is 31.1 Å². The number of nitrogens with zero attached hydrogens (tertiary/aromatic N) is 2. The van der Waals surface area contributed by atoms with Crippen LogP contribution in [0.2, 0.25) is 0 Å². The predicted octanol–water partition coefficient (Wildman–Crippen LogP) is 2.20. The van der Waals surface area contributed by atoms with E-state index in [1.54, 1.807) is 0 Å². The average molecular weight is 438 g/mol. The maximum absolute atomic E-state index is 9.39. The largest absolute Gasteiger partial charge is 0.396 e. The van der Waals surface area contributed by atoms with Crippen molar-refractivity contribution in [2.45, 2.75) is 58.4 Å². The van der Waals surface area contributed by atoms with Crippen LogP contribution in [0.5, 0.6) is 0 Å². The second kappa shape index (κ2) is 10.7. The van der Waals surface area contributed by atoms with Gasteiger partial charge >= 0.3 is 0 Å². The van der Waals surface area contributed by atoms with Crippen molar-refractivity contribution in [2.24, 2.45) is 10.4 Å². The molecule has 0 aromatic rings. The van der Waals surface area contributed by atoms with Gasteiger partial charge in [-0.25, -0.2) is 0 Å². The second-order valence-corrected chi connectivity index (χ2v) is 6.87. The quantitative estimate of drug-likeness (QED) is 0.309. The lowest BCUT2D eigenvalue weighted by Crippen LogP contribution is -2.46. The summed E-state index contributed by atoms with van der Waals surface area (Å²) in [7, 11) is 0. The summed E-state index contributed by atoms with van der Waals surface area (Å²) in [6.45, 7) is 9.53. The van der Waals surface area contributed by atoms with Gasteiger partial charge in [-0.1, -0.05) is 13.3 Å². The molecular formula is C17H35IN4O. The normalized spacial score (nSPS) is 24.0. The number of halogens is 1. The Labute approximate surface area is 158 Å². The zero-order valence-corrected chi connectivity index (χ0v) is 17.1. The lowest BCUT2D eigenvalue weighted by molar-refractivity contribution is 0.147. The minimum atomic E-state index is 0. The summed E-state index contributed by atoms with van der Waals surface area (Å²) in [5.74, 6) is 0.896. The standard InChI is InChI=1S/C17H34N4O.HI/c1-3-15-7-5-6-11-21(15)12-10-19-16(18-4-2)20-13-17(14-22)8-9-17;/h15,22H,3-14H2,1-2H3,(H2,18,19,20);1H. The highest BCUT2D eigenvalue weighted by Crippen LogP contribution is 2.45. The van der Waals surface area contributed by atoms with Crippen LogP contribution in [0.4, 0.5) is 0 Å². The number of aliphatic hydroxyl groups is 1. The van der Waals surface area contributed by atoms with Crippen LogP contribution >= 0.6 is 24.0 Å². The third kappa shape index (κ3) is 6.74. The van der Waals surface area contributed by atoms with Crippen LogP contribution in [-0.4, -0.2) is 61.3 Å². The number of guanidine groups is 1. The van der Waals surface area contributed by atoms with Gasteiger partial charge in [0.05, 0.1) is 13.2 Å². The first-order valence-corrected chi connectivity index (χ1v) is 9.10. The van der Waals surface area contributed by atoms with Crippen molar-refractivity contribution >= 4 is 29.9 Å². The molecule has 0 amide bonds. The lowest BCUT2D eigenvalue weighted by atomic mass is 10.0. The molecule has 1 heterocycles. The fourth-order valence-electron chi connectivity index (χ4n) is 3.27. The van der Waals surface area contributed by atoms with Gasteiger partial charge in [-0.05, 0) is 45.6 Å². The van der Waals surface area contributed by atoms with E-state index in [-0.39, 0.29) is 36.0 Å². The fourth-order valence-corrected chi connectivity index (χ4v) is 3.27. The molecule has 136 valence electrons. The predicted molar refractivity (Wildman–Crippen MR) is 108 cm³/mol. The Bertz CT molecular complexity index is 361. The van der Waals surface area contributed by atoms with Gasteiger partial charge in [0.15, 0.2) is 5.96 Å². The number of aliphatic hydroxyl groups excluding tert-OH is 1. The van der Waals surface area contributed by atoms with Crippen molar-refractivity contribution < 1.29 is 5.11 Å². The van der Waals surface area contributed by atoms with Crippen LogP contribution in [0.3, 0.4) is 0 Å². The molecular weight excluding hydrogens is 403 g/mol. The monoisotopic (exact) mass is 438 g/mol. The van der Waals surface area contributed by atoms with Crippen molar-refractivity contribution in [1.82, 2.24) is 15.5 Å². The summed E-state index contributed by atoms with van der Waals surface area (Å²) in [6.07, 6.45) is 7.55. The summed E-state index contributed by atoms with van der Waals surface area (Å²) < 4.78 is 0. The molecule has 1 unspecified atom stereocenters. The summed E-state index contributed by atoms with van der Waals surface area (Å²) >= 11 is 0. The molecule has 0 bridgehead atoms. The fraction of sp³-hybridized carbons (Fsp3) is 0.941. The van der Waals surface area contributed by atoms with E-state index < -0.39 is 0 Å². The minimum absolute atomic E-state index is 0. The Morgan fingerprint density at radius 3 is 2.65 bits per heavy atom. The highest BCUT2D eigenvalue weighted by atomic mass is 127. The van der Waals surface area contributed by atoms with E-state index in [0.29, 0.717) is 0 Å². The molecule has 1 saturated heterocycles. The number of piperidine rings is 1. The van der Waals surface area contributed by atoms with Gasteiger partial charge in [-0.2, -0.15) is 0 Å². The number of nitrogens with one attached hydrogen (secondary N) is 2. The number of hydrogen-bond donors (Lipinski definition) is 3. The van der Waals surface area contributed by atoms with Gasteiger partial charge in [0.2, 0.25) is 0 Å². The Morgan fingerprint density at radius 2 is 2.04 bits per heavy atom. The van der Waals surface area contributed by atoms with Crippen molar-refractivity contribution in [2.75, 3.05) is 39.3 Å². The summed E-state index contributed by atoms with van der Waals surface area (Å²) in [6, 6.07) is 0.763. The first-order chi connectivity index (χ1) is 10.7. The van der Waals surface area contributed by atoms with E-state index >= 15 is 0 Å². The number of rotatable bonds is 8. The molecule has 0 spiro atoms. The van der Waals surface area contributed by atoms with Crippen LogP contribution in [0, 0.1) is 5.41 Å². The number of likely N-dealkylation sites (tertiary alicyclic amines) is 1. The van der Waals surface area contributed by atoms with Gasteiger partial charge in [0.25, 0.3) is 0 Å². The van der Waals surface area contributed by atoms with E-state index in [1.165, 1.54) is 32.2 Å². The average Bonchev–Trinajstić information content (AvgIpc) is 3.33. The van der Waals surface area contributed by atoms with E-state index in [0.717, 1.165) is 51.0 Å². The molecule has 1 aliphatic carbocycles. The zero-order valence-electron chi connectivity index (χ0n) is 14.8. The highest BCUT2D eigenvalue weighted by molar-refractivity contribution is 14.0. The van der Waals surface area contributed by atoms with Crippen molar-refractivity contribution in [1.29, 1.82) is 0 Å². The maximum Gasteiger partial charge on any atom is 0.191 e. The molecule has 0 radical (unpaired) electrons. The smallest absolute Gasteiger partial charge is 0.191 e. The zero-order chi connectivity index (χ0) is 15.8. The van der Waals surface area contributed by atoms with Crippen molar-refractivity contribution in [3.8, 4) is 0 Å². The molecule has 5 nitrogen and oxygen atoms in total. The van der Waals surface area contributed by atoms with Gasteiger partial charge in [-0.3, -0.25) is 9.89 Å². The summed E-state index contributed by atoms with van der Waals surface area (Å²) in [5.41, 5.74) is 0.0858. The SMILES string of the molecule is CCNC(=NCC1(CO)CC1)NCCN1CCCCC1CC.I. The molecule has 1 aliphatic heterocycles. The van der Waals surface area contributed by atoms with E-state index in [1.807, 2.05) is 0 Å². The third-order valence-electron chi connectivity index (χ3n) is 5.12. The first-order valence-electron chi connectivity index (χ1n) is 9.10. The highest BCUT2D eigenvalue weighted by Gasteiger charge is 2.41. The topological polar surface area (TPSA) is 59.9 Å². The molecule has 1 atom stereocenters. The molecule has 2 aliphatic rings. The molecule has 1 saturated carbocycles. The number of hydrogen-bond acceptors (Lipinski definition) is 3. The molecule has 6 heteroatoms. The van der Waals surface area contributed by atoms with Crippen LogP contribution in [0.1, 0.15) is 52.4 Å². The molecule has 23 heavy (non-hydrogen) atoms. The molecule has 2 rings (SSSR count). The van der Waals surface area contributed by atoms with Crippen LogP contribution < -0.4 is 10.6 Å². The molecule has 0 aromatic carbocycles. The van der Waals surface area contributed by atoms with Crippen molar-refractivity contribution in [3.63, 3.8) is 0 Å². The second-order valence-electron chi connectivity index (χ2n) is 6.87. The Balaban J connectivity index is 0.00000264. The van der Waals surface area contributed by atoms with E-state index in [9.17, 15) is 5.11 Å². The van der Waals surface area contributed by atoms with E-state index in [2.05, 4.69) is 34.4 Å². The first kappa shape index (κ1) is 21.0. The summed E-state index contributed by atoms with van der Waals surface area (Å²) in [5, 5.41) is 16.1. The lowest BCUT2D eigenvalue weighted by Gasteiger charge is -2.35. The summed E-state index contributed by atoms with van der Waals surface area (Å²) in [4.78, 5) is 7.28. The van der Waals surface area contributed by atoms with E-state index in [4.69, 9.17) is 0 Å². The van der Waals surface area contributed by atoms with Gasteiger partial charge in [0.1, 0.15) is 0 Å². The van der Waals surface area contributed by atoms with Crippen LogP contribution in [0.25, 0.3) is 0 Å². The molecule has 2 fully saturated rings.